The molecule has 0 spiro atoms. The third kappa shape index (κ3) is 2.40. The minimum Gasteiger partial charge on any atom is -0.485 e. The summed E-state index contributed by atoms with van der Waals surface area (Å²) in [6.07, 6.45) is 0. The predicted octanol–water partition coefficient (Wildman–Crippen LogP) is 3.90. The molecule has 0 unspecified atom stereocenters. The molecule has 0 fully saturated rings. The first kappa shape index (κ1) is 11.7. The van der Waals surface area contributed by atoms with E-state index in [4.69, 9.17) is 14.9 Å². The molecule has 0 aliphatic heterocycles. The molecule has 0 saturated heterocycles. The van der Waals surface area contributed by atoms with E-state index in [0.29, 0.717) is 6.61 Å². The Hall–Kier alpha value is -2.42. The highest BCUT2D eigenvalue weighted by atomic mass is 16.5. The fourth-order valence-electron chi connectivity index (χ4n) is 2.06. The summed E-state index contributed by atoms with van der Waals surface area (Å²) in [6.45, 7) is 2.44. The van der Waals surface area contributed by atoms with Gasteiger partial charge in [0.15, 0.2) is 0 Å². The van der Waals surface area contributed by atoms with Gasteiger partial charge in [0.1, 0.15) is 23.7 Å². The van der Waals surface area contributed by atoms with Crippen molar-refractivity contribution in [3.8, 4) is 5.75 Å². The van der Waals surface area contributed by atoms with E-state index in [2.05, 4.69) is 0 Å². The van der Waals surface area contributed by atoms with Gasteiger partial charge >= 0.3 is 0 Å². The van der Waals surface area contributed by atoms with Gasteiger partial charge in [-0.05, 0) is 42.8 Å². The molecule has 0 saturated carbocycles. The van der Waals surface area contributed by atoms with Crippen LogP contribution in [0.1, 0.15) is 11.3 Å². The Morgan fingerprint density at radius 2 is 1.95 bits per heavy atom. The summed E-state index contributed by atoms with van der Waals surface area (Å²) in [4.78, 5) is 0. The largest absolute Gasteiger partial charge is 0.485 e. The molecule has 2 aromatic carbocycles. The summed E-state index contributed by atoms with van der Waals surface area (Å²) in [5, 5.41) is 1.00. The van der Waals surface area contributed by atoms with Gasteiger partial charge in [-0.25, -0.2) is 0 Å². The average Bonchev–Trinajstić information content (AvgIpc) is 2.79. The monoisotopic (exact) mass is 253 g/mol. The van der Waals surface area contributed by atoms with Crippen molar-refractivity contribution in [3.63, 3.8) is 0 Å². The summed E-state index contributed by atoms with van der Waals surface area (Å²) < 4.78 is 11.5. The first-order valence-electron chi connectivity index (χ1n) is 6.19. The van der Waals surface area contributed by atoms with Crippen LogP contribution in [0.15, 0.2) is 52.9 Å². The standard InChI is InChI=1S/C16H15NO2/c1-11-4-2-3-5-15(11)18-10-14-9-12-8-13(17)6-7-16(12)19-14/h2-9H,10,17H2,1H3. The summed E-state index contributed by atoms with van der Waals surface area (Å²) in [7, 11) is 0. The van der Waals surface area contributed by atoms with E-state index in [1.165, 1.54) is 0 Å². The van der Waals surface area contributed by atoms with Gasteiger partial charge in [0.05, 0.1) is 0 Å². The number of anilines is 1. The molecule has 1 heterocycles. The molecule has 19 heavy (non-hydrogen) atoms. The van der Waals surface area contributed by atoms with E-state index in [1.54, 1.807) is 0 Å². The van der Waals surface area contributed by atoms with Crippen LogP contribution in [-0.2, 0) is 6.61 Å². The van der Waals surface area contributed by atoms with Crippen molar-refractivity contribution in [3.05, 3.63) is 59.9 Å². The second kappa shape index (κ2) is 4.69. The Bertz CT molecular complexity index is 716. The summed E-state index contributed by atoms with van der Waals surface area (Å²) >= 11 is 0. The van der Waals surface area contributed by atoms with Gasteiger partial charge in [-0.15, -0.1) is 0 Å². The molecule has 0 amide bonds. The molecular formula is C16H15NO2. The lowest BCUT2D eigenvalue weighted by Gasteiger charge is -2.06. The Balaban J connectivity index is 1.80. The zero-order valence-electron chi connectivity index (χ0n) is 10.7. The Labute approximate surface area is 111 Å². The number of nitrogens with two attached hydrogens (primary N) is 1. The van der Waals surface area contributed by atoms with Crippen molar-refractivity contribution in [2.75, 3.05) is 5.73 Å². The molecular weight excluding hydrogens is 238 g/mol. The van der Waals surface area contributed by atoms with E-state index in [0.717, 1.165) is 33.7 Å². The molecule has 3 heteroatoms. The molecule has 3 rings (SSSR count). The maximum atomic E-state index is 5.76. The smallest absolute Gasteiger partial charge is 0.146 e. The Morgan fingerprint density at radius 1 is 1.11 bits per heavy atom. The Morgan fingerprint density at radius 3 is 2.79 bits per heavy atom. The number of ether oxygens (including phenoxy) is 1. The highest BCUT2D eigenvalue weighted by molar-refractivity contribution is 5.81. The van der Waals surface area contributed by atoms with E-state index in [-0.39, 0.29) is 0 Å². The van der Waals surface area contributed by atoms with E-state index < -0.39 is 0 Å². The number of fused-ring (bicyclic) bond motifs is 1. The number of aryl methyl sites for hydroxylation is 1. The van der Waals surface area contributed by atoms with Gasteiger partial charge in [0, 0.05) is 11.1 Å². The van der Waals surface area contributed by atoms with Crippen LogP contribution in [0.2, 0.25) is 0 Å². The van der Waals surface area contributed by atoms with Crippen LogP contribution in [0.5, 0.6) is 5.75 Å². The average molecular weight is 253 g/mol. The molecule has 0 atom stereocenters. The second-order valence-corrected chi connectivity index (χ2v) is 4.56. The zero-order chi connectivity index (χ0) is 13.2. The van der Waals surface area contributed by atoms with Crippen molar-refractivity contribution in [2.45, 2.75) is 13.5 Å². The minimum atomic E-state index is 0.416. The van der Waals surface area contributed by atoms with Crippen LogP contribution < -0.4 is 10.5 Å². The topological polar surface area (TPSA) is 48.4 Å². The number of para-hydroxylation sites is 1. The maximum absolute atomic E-state index is 5.76. The summed E-state index contributed by atoms with van der Waals surface area (Å²) in [5.41, 5.74) is 8.43. The lowest BCUT2D eigenvalue weighted by Crippen LogP contribution is -1.95. The summed E-state index contributed by atoms with van der Waals surface area (Å²) in [6, 6.07) is 15.5. The van der Waals surface area contributed by atoms with Gasteiger partial charge in [-0.3, -0.25) is 0 Å². The molecule has 1 aromatic heterocycles. The van der Waals surface area contributed by atoms with Crippen LogP contribution in [0.3, 0.4) is 0 Å². The highest BCUT2D eigenvalue weighted by Crippen LogP contribution is 2.23. The molecule has 96 valence electrons. The first-order chi connectivity index (χ1) is 9.22. The lowest BCUT2D eigenvalue weighted by atomic mass is 10.2. The fourth-order valence-corrected chi connectivity index (χ4v) is 2.06. The first-order valence-corrected chi connectivity index (χ1v) is 6.19. The number of benzene rings is 2. The number of nitrogen functional groups attached to an aromatic ring is 1. The van der Waals surface area contributed by atoms with Crippen molar-refractivity contribution in [1.82, 2.24) is 0 Å². The molecule has 0 aliphatic carbocycles. The van der Waals surface area contributed by atoms with Gasteiger partial charge < -0.3 is 14.9 Å². The van der Waals surface area contributed by atoms with Crippen molar-refractivity contribution in [1.29, 1.82) is 0 Å². The highest BCUT2D eigenvalue weighted by Gasteiger charge is 2.05. The van der Waals surface area contributed by atoms with Crippen LogP contribution >= 0.6 is 0 Å². The SMILES string of the molecule is Cc1ccccc1OCc1cc2cc(N)ccc2o1. The van der Waals surface area contributed by atoms with Crippen LogP contribution in [-0.4, -0.2) is 0 Å². The van der Waals surface area contributed by atoms with Gasteiger partial charge in [0.25, 0.3) is 0 Å². The summed E-state index contributed by atoms with van der Waals surface area (Å²) in [5.74, 6) is 1.67. The molecule has 3 nitrogen and oxygen atoms in total. The minimum absolute atomic E-state index is 0.416. The van der Waals surface area contributed by atoms with Crippen molar-refractivity contribution in [2.24, 2.45) is 0 Å². The molecule has 0 bridgehead atoms. The van der Waals surface area contributed by atoms with Gasteiger partial charge in [0.2, 0.25) is 0 Å². The van der Waals surface area contributed by atoms with E-state index >= 15 is 0 Å². The third-order valence-corrected chi connectivity index (χ3v) is 3.05. The zero-order valence-corrected chi connectivity index (χ0v) is 10.7. The number of rotatable bonds is 3. The second-order valence-electron chi connectivity index (χ2n) is 4.56. The van der Waals surface area contributed by atoms with Crippen molar-refractivity contribution >= 4 is 16.7 Å². The van der Waals surface area contributed by atoms with Gasteiger partial charge in [-0.1, -0.05) is 18.2 Å². The molecule has 3 aromatic rings. The van der Waals surface area contributed by atoms with Crippen molar-refractivity contribution < 1.29 is 9.15 Å². The third-order valence-electron chi connectivity index (χ3n) is 3.05. The quantitative estimate of drug-likeness (QED) is 0.720. The van der Waals surface area contributed by atoms with Gasteiger partial charge in [-0.2, -0.15) is 0 Å². The maximum Gasteiger partial charge on any atom is 0.146 e. The lowest BCUT2D eigenvalue weighted by molar-refractivity contribution is 0.273. The fraction of sp³-hybridized carbons (Fsp3) is 0.125. The van der Waals surface area contributed by atoms with Crippen LogP contribution in [0.4, 0.5) is 5.69 Å². The predicted molar refractivity (Wildman–Crippen MR) is 76.1 cm³/mol. The molecule has 2 N–H and O–H groups in total. The normalized spacial score (nSPS) is 10.8. The van der Waals surface area contributed by atoms with Crippen LogP contribution in [0.25, 0.3) is 11.0 Å². The Kier molecular flexibility index (Phi) is 2.88. The number of furan rings is 1. The number of hydrogen-bond donors (Lipinski definition) is 1. The van der Waals surface area contributed by atoms with E-state index in [9.17, 15) is 0 Å². The molecule has 0 radical (unpaired) electrons. The number of hydrogen-bond acceptors (Lipinski definition) is 3. The van der Waals surface area contributed by atoms with Crippen LogP contribution in [0, 0.1) is 6.92 Å². The van der Waals surface area contributed by atoms with E-state index in [1.807, 2.05) is 55.5 Å². The molecule has 0 aliphatic rings.